The fourth-order valence-corrected chi connectivity index (χ4v) is 8.08. The van der Waals surface area contributed by atoms with Gasteiger partial charge in [-0.1, -0.05) is 30.7 Å². The maximum Gasteiger partial charge on any atom is 0.326 e. The largest absolute Gasteiger partial charge is 0.480 e. The summed E-state index contributed by atoms with van der Waals surface area (Å²) in [4.78, 5) is 30.3. The predicted molar refractivity (Wildman–Crippen MR) is 129 cm³/mol. The predicted octanol–water partition coefficient (Wildman–Crippen LogP) is 2.90. The Morgan fingerprint density at radius 1 is 1.17 bits per heavy atom. The van der Waals surface area contributed by atoms with E-state index in [0.29, 0.717) is 23.5 Å². The number of nitrogens with zero attached hydrogens (tertiary/aromatic N) is 2. The van der Waals surface area contributed by atoms with Crippen molar-refractivity contribution in [2.75, 3.05) is 13.2 Å². The molecule has 0 radical (unpaired) electrons. The van der Waals surface area contributed by atoms with E-state index in [1.165, 1.54) is 5.57 Å². The molecule has 5 rings (SSSR count). The van der Waals surface area contributed by atoms with Crippen molar-refractivity contribution in [3.05, 3.63) is 23.8 Å². The number of aliphatic carboxylic acids is 1. The number of likely N-dealkylation sites (tertiary alicyclic amines) is 1. The van der Waals surface area contributed by atoms with Gasteiger partial charge in [-0.15, -0.1) is 0 Å². The molecule has 3 N–H and O–H groups in total. The minimum absolute atomic E-state index is 0.00214. The Balaban J connectivity index is 1.25. The Labute approximate surface area is 206 Å². The van der Waals surface area contributed by atoms with Gasteiger partial charge in [0.2, 0.25) is 0 Å². The highest BCUT2D eigenvalue weighted by atomic mass is 16.6. The lowest BCUT2D eigenvalue weighted by atomic mass is 9.47. The van der Waals surface area contributed by atoms with E-state index in [2.05, 4.69) is 31.2 Å². The third kappa shape index (κ3) is 3.84. The number of carboxylic acids is 1. The smallest absolute Gasteiger partial charge is 0.326 e. The lowest BCUT2D eigenvalue weighted by Gasteiger charge is -2.58. The van der Waals surface area contributed by atoms with Gasteiger partial charge in [-0.2, -0.15) is 0 Å². The van der Waals surface area contributed by atoms with Gasteiger partial charge in [-0.3, -0.25) is 4.79 Å². The number of carboxylic acid groups (broad SMARTS) is 1. The van der Waals surface area contributed by atoms with Gasteiger partial charge in [0.05, 0.1) is 11.7 Å². The lowest BCUT2D eigenvalue weighted by molar-refractivity contribution is -0.150. The number of aliphatic hydroxyl groups excluding tert-OH is 1. The van der Waals surface area contributed by atoms with Gasteiger partial charge >= 0.3 is 5.97 Å². The molecule has 8 nitrogen and oxygen atoms in total. The van der Waals surface area contributed by atoms with Crippen molar-refractivity contribution in [2.24, 2.45) is 33.7 Å². The number of amides is 1. The summed E-state index contributed by atoms with van der Waals surface area (Å²) < 4.78 is 0. The minimum atomic E-state index is -1.12. The van der Waals surface area contributed by atoms with E-state index in [1.807, 2.05) is 13.0 Å². The van der Waals surface area contributed by atoms with Crippen LogP contribution in [0.25, 0.3) is 0 Å². The summed E-state index contributed by atoms with van der Waals surface area (Å²) in [5.74, 6) is 0.101. The fourth-order valence-electron chi connectivity index (χ4n) is 8.08. The van der Waals surface area contributed by atoms with Crippen LogP contribution in [0.1, 0.15) is 65.7 Å². The van der Waals surface area contributed by atoms with Crippen molar-refractivity contribution in [3.8, 4) is 0 Å². The molecular weight excluding hydrogens is 448 g/mol. The second-order valence-corrected chi connectivity index (χ2v) is 12.0. The number of β-amino-alcohol motifs (C(OH)–C–C–N with tert-alkyl or cyclic N) is 1. The molecule has 5 aliphatic rings. The highest BCUT2D eigenvalue weighted by Gasteiger charge is 2.62. The van der Waals surface area contributed by atoms with E-state index in [1.54, 1.807) is 0 Å². The van der Waals surface area contributed by atoms with Gasteiger partial charge in [-0.25, -0.2) is 4.79 Å². The molecule has 0 bridgehead atoms. The number of oxime groups is 1. The van der Waals surface area contributed by atoms with Crippen molar-refractivity contribution < 1.29 is 29.7 Å². The first kappa shape index (κ1) is 24.5. The number of rotatable bonds is 4. The Bertz CT molecular complexity index is 1000. The Morgan fingerprint density at radius 2 is 1.91 bits per heavy atom. The Morgan fingerprint density at radius 3 is 2.66 bits per heavy atom. The second kappa shape index (κ2) is 8.44. The monoisotopic (exact) mass is 486 g/mol. The number of carbonyl (C=O) groups is 2. The lowest BCUT2D eigenvalue weighted by Crippen LogP contribution is -2.53. The van der Waals surface area contributed by atoms with Crippen LogP contribution in [-0.2, 0) is 14.4 Å². The molecule has 0 aromatic heterocycles. The molecular formula is C27H38N2O6. The molecule has 0 aromatic carbocycles. The zero-order valence-corrected chi connectivity index (χ0v) is 20.9. The van der Waals surface area contributed by atoms with Crippen LogP contribution in [0.4, 0.5) is 0 Å². The van der Waals surface area contributed by atoms with Crippen LogP contribution in [-0.4, -0.2) is 68.7 Å². The van der Waals surface area contributed by atoms with E-state index >= 15 is 0 Å². The molecule has 0 spiro atoms. The van der Waals surface area contributed by atoms with Crippen molar-refractivity contribution in [1.82, 2.24) is 4.90 Å². The Hall–Kier alpha value is -2.19. The maximum absolute atomic E-state index is 12.5. The van der Waals surface area contributed by atoms with E-state index in [0.717, 1.165) is 43.4 Å². The normalized spacial score (nSPS) is 45.5. The number of hydrogen-bond acceptors (Lipinski definition) is 6. The summed E-state index contributed by atoms with van der Waals surface area (Å²) in [5, 5.41) is 34.3. The summed E-state index contributed by atoms with van der Waals surface area (Å²) in [6.45, 7) is 6.30. The summed E-state index contributed by atoms with van der Waals surface area (Å²) in [7, 11) is 0. The molecule has 8 heteroatoms. The fraction of sp³-hybridized carbons (Fsp3) is 0.741. The molecule has 4 fully saturated rings. The molecule has 1 saturated heterocycles. The molecule has 3 saturated carbocycles. The van der Waals surface area contributed by atoms with E-state index in [9.17, 15) is 24.9 Å². The van der Waals surface area contributed by atoms with Gasteiger partial charge in [0.25, 0.3) is 5.91 Å². The molecule has 4 aliphatic carbocycles. The summed E-state index contributed by atoms with van der Waals surface area (Å²) >= 11 is 0. The van der Waals surface area contributed by atoms with Crippen LogP contribution in [0.3, 0.4) is 0 Å². The highest BCUT2D eigenvalue weighted by molar-refractivity contribution is 6.05. The third-order valence-corrected chi connectivity index (χ3v) is 10.4. The van der Waals surface area contributed by atoms with Crippen LogP contribution in [0.2, 0.25) is 0 Å². The average molecular weight is 487 g/mol. The van der Waals surface area contributed by atoms with Crippen LogP contribution >= 0.6 is 0 Å². The Kier molecular flexibility index (Phi) is 5.91. The van der Waals surface area contributed by atoms with Gasteiger partial charge < -0.3 is 25.1 Å². The number of carbonyl (C=O) groups excluding carboxylic acids is 1. The van der Waals surface area contributed by atoms with Crippen molar-refractivity contribution >= 4 is 17.6 Å². The van der Waals surface area contributed by atoms with E-state index < -0.39 is 29.6 Å². The quantitative estimate of drug-likeness (QED) is 0.526. The molecule has 0 unspecified atom stereocenters. The van der Waals surface area contributed by atoms with Crippen molar-refractivity contribution in [2.45, 2.75) is 83.5 Å². The van der Waals surface area contributed by atoms with Crippen LogP contribution in [0.15, 0.2) is 29.0 Å². The summed E-state index contributed by atoms with van der Waals surface area (Å²) in [6, 6.07) is -1.03. The zero-order chi connectivity index (χ0) is 25.2. The number of allylic oxidation sites excluding steroid dienone is 4. The van der Waals surface area contributed by atoms with Crippen LogP contribution in [0.5, 0.6) is 0 Å². The number of aliphatic hydroxyl groups is 2. The van der Waals surface area contributed by atoms with Gasteiger partial charge in [0.15, 0.2) is 6.61 Å². The molecule has 1 amide bonds. The van der Waals surface area contributed by atoms with E-state index in [4.69, 9.17) is 4.84 Å². The average Bonchev–Trinajstić information content (AvgIpc) is 3.31. The summed E-state index contributed by atoms with van der Waals surface area (Å²) in [6.07, 6.45) is 11.8. The maximum atomic E-state index is 12.5. The van der Waals surface area contributed by atoms with Crippen LogP contribution < -0.4 is 0 Å². The number of hydrogen-bond donors (Lipinski definition) is 3. The van der Waals surface area contributed by atoms with Gasteiger partial charge in [0.1, 0.15) is 11.8 Å². The summed E-state index contributed by atoms with van der Waals surface area (Å²) in [5.41, 5.74) is 1.39. The van der Waals surface area contributed by atoms with Gasteiger partial charge in [0, 0.05) is 18.4 Å². The van der Waals surface area contributed by atoms with E-state index in [-0.39, 0.29) is 30.4 Å². The van der Waals surface area contributed by atoms with Gasteiger partial charge in [-0.05, 0) is 80.8 Å². The highest BCUT2D eigenvalue weighted by Crippen LogP contribution is 2.66. The second-order valence-electron chi connectivity index (χ2n) is 12.0. The molecule has 8 atom stereocenters. The van der Waals surface area contributed by atoms with Crippen molar-refractivity contribution in [1.29, 1.82) is 0 Å². The molecule has 35 heavy (non-hydrogen) atoms. The number of fused-ring (bicyclic) bond motifs is 5. The molecule has 0 aromatic rings. The minimum Gasteiger partial charge on any atom is -0.480 e. The molecule has 192 valence electrons. The van der Waals surface area contributed by atoms with Crippen molar-refractivity contribution in [3.63, 3.8) is 0 Å². The SMILES string of the molecule is C[C@]12C=CC(=NOCC(=O)N3C[C@H](O)C[C@@H]3C(=O)O)C=C1CC[C@H]1[C@H]3CC[C@](C)(O)[C@@]3(C)CC[C@@H]12. The third-order valence-electron chi connectivity index (χ3n) is 10.4. The molecule has 1 heterocycles. The van der Waals surface area contributed by atoms with Crippen LogP contribution in [0, 0.1) is 28.6 Å². The first-order valence-corrected chi connectivity index (χ1v) is 13.0. The first-order valence-electron chi connectivity index (χ1n) is 13.0. The standard InChI is InChI=1S/C27H38N2O6/c1-25-9-6-17(28-35-15-23(31)29-14-18(30)13-22(29)24(32)33)12-16(25)4-5-19-20(25)7-10-26(2)21(19)8-11-27(26,3)34/h6,9,12,18-22,30,34H,4-5,7-8,10-11,13-15H2,1-3H3,(H,32,33)/t18-,19-,20+,21-,22-,25+,26+,27+/m1/s1. The topological polar surface area (TPSA) is 120 Å². The molecule has 1 aliphatic heterocycles. The first-order chi connectivity index (χ1) is 16.5. The zero-order valence-electron chi connectivity index (χ0n) is 20.9.